The van der Waals surface area contributed by atoms with Gasteiger partial charge in [-0.1, -0.05) is 23.2 Å². The molecule has 0 bridgehead atoms. The largest absolute Gasteiger partial charge is 0.573 e. The Balaban J connectivity index is 2.89. The lowest BCUT2D eigenvalue weighted by atomic mass is 10.1. The zero-order valence-corrected chi connectivity index (χ0v) is 17.4. The molecule has 1 heterocycles. The van der Waals surface area contributed by atoms with Crippen molar-refractivity contribution in [1.82, 2.24) is 14.7 Å². The third-order valence-corrected chi connectivity index (χ3v) is 4.08. The molecule has 0 aliphatic heterocycles. The highest BCUT2D eigenvalue weighted by molar-refractivity contribution is 6.38. The number of alkyl halides is 5. The highest BCUT2D eigenvalue weighted by atomic mass is 35.5. The van der Waals surface area contributed by atoms with Gasteiger partial charge >= 0.3 is 6.36 Å². The first kappa shape index (κ1) is 25.3. The third kappa shape index (κ3) is 5.63. The lowest BCUT2D eigenvalue weighted by Crippen LogP contribution is -2.17. The van der Waals surface area contributed by atoms with Gasteiger partial charge in [0.15, 0.2) is 11.5 Å². The number of hydrogen-bond donors (Lipinski definition) is 0. The molecule has 0 spiro atoms. The number of halogens is 9. The van der Waals surface area contributed by atoms with Crippen molar-refractivity contribution < 1.29 is 35.5 Å². The lowest BCUT2D eigenvalue weighted by molar-refractivity contribution is -0.274. The molecule has 15 heteroatoms. The molecule has 0 N–H and O–H groups in total. The molecule has 0 unspecified atom stereocenters. The molecule has 0 saturated heterocycles. The normalized spacial score (nSPS) is 11.7. The van der Waals surface area contributed by atoms with Crippen LogP contribution >= 0.6 is 23.2 Å². The minimum atomic E-state index is -5.07. The van der Waals surface area contributed by atoms with Crippen LogP contribution in [0.4, 0.5) is 36.6 Å². The number of ether oxygens (including phenoxy) is 1. The van der Waals surface area contributed by atoms with Gasteiger partial charge in [0.2, 0.25) is 0 Å². The van der Waals surface area contributed by atoms with Gasteiger partial charge in [-0.2, -0.15) is 19.1 Å². The summed E-state index contributed by atoms with van der Waals surface area (Å²) in [6.07, 6.45) is -10.5. The molecule has 0 saturated carbocycles. The van der Waals surface area contributed by atoms with Crippen LogP contribution in [0.25, 0.3) is 11.3 Å². The first-order valence-corrected chi connectivity index (χ1v) is 8.85. The number of aliphatic imine (C=N–C) groups is 1. The molecule has 1 aromatic carbocycles. The summed E-state index contributed by atoms with van der Waals surface area (Å²) in [4.78, 5) is 5.14. The van der Waals surface area contributed by atoms with Gasteiger partial charge in [-0.15, -0.1) is 13.2 Å². The maximum Gasteiger partial charge on any atom is 0.573 e. The summed E-state index contributed by atoms with van der Waals surface area (Å²) in [7, 11) is 2.94. The first-order chi connectivity index (χ1) is 14.8. The Morgan fingerprint density at radius 1 is 1.25 bits per heavy atom. The number of aromatic nitrogens is 2. The van der Waals surface area contributed by atoms with E-state index in [2.05, 4.69) is 14.8 Å². The highest BCUT2D eigenvalue weighted by Crippen LogP contribution is 2.42. The van der Waals surface area contributed by atoms with Crippen molar-refractivity contribution >= 4 is 40.9 Å². The predicted molar refractivity (Wildman–Crippen MR) is 102 cm³/mol. The summed E-state index contributed by atoms with van der Waals surface area (Å²) in [5.41, 5.74) is -4.09. The van der Waals surface area contributed by atoms with Crippen LogP contribution in [0, 0.1) is 11.3 Å². The highest BCUT2D eigenvalue weighted by Gasteiger charge is 2.34. The van der Waals surface area contributed by atoms with Gasteiger partial charge in [0.25, 0.3) is 12.5 Å². The molecule has 0 aliphatic carbocycles. The Bertz CT molecular complexity index is 1090. The zero-order chi connectivity index (χ0) is 24.4. The van der Waals surface area contributed by atoms with Crippen molar-refractivity contribution in [2.75, 3.05) is 14.1 Å². The fourth-order valence-electron chi connectivity index (χ4n) is 2.40. The number of allylic oxidation sites excluding steroid dienone is 1. The van der Waals surface area contributed by atoms with E-state index >= 15 is 0 Å². The molecule has 2 aromatic rings. The zero-order valence-electron chi connectivity index (χ0n) is 15.9. The van der Waals surface area contributed by atoms with Gasteiger partial charge in [-0.25, -0.2) is 18.5 Å². The van der Waals surface area contributed by atoms with Crippen molar-refractivity contribution in [3.63, 3.8) is 0 Å². The molecule has 6 nitrogen and oxygen atoms in total. The van der Waals surface area contributed by atoms with Crippen molar-refractivity contribution in [2.24, 2.45) is 4.99 Å². The van der Waals surface area contributed by atoms with E-state index in [0.29, 0.717) is 16.8 Å². The van der Waals surface area contributed by atoms with E-state index in [4.69, 9.17) is 23.2 Å². The average molecular weight is 504 g/mol. The van der Waals surface area contributed by atoms with Crippen LogP contribution in [0.15, 0.2) is 23.2 Å². The van der Waals surface area contributed by atoms with Crippen LogP contribution in [0.1, 0.15) is 11.3 Å². The number of hydrogen-bond acceptors (Lipinski definition) is 4. The van der Waals surface area contributed by atoms with Crippen LogP contribution in [0.5, 0.6) is 5.75 Å². The Morgan fingerprint density at radius 2 is 1.81 bits per heavy atom. The van der Waals surface area contributed by atoms with Crippen LogP contribution in [-0.2, 0) is 0 Å². The quantitative estimate of drug-likeness (QED) is 0.273. The topological polar surface area (TPSA) is 66.4 Å². The van der Waals surface area contributed by atoms with Crippen molar-refractivity contribution in [3.8, 4) is 17.5 Å². The fourth-order valence-corrected chi connectivity index (χ4v) is 3.03. The second-order valence-corrected chi connectivity index (χ2v) is 6.85. The van der Waals surface area contributed by atoms with Crippen LogP contribution < -0.4 is 4.74 Å². The van der Waals surface area contributed by atoms with Gasteiger partial charge in [-0.05, 0) is 0 Å². The molecule has 0 amide bonds. The summed E-state index contributed by atoms with van der Waals surface area (Å²) < 4.78 is 95.2. The number of nitriles is 1. The molecular formula is C17H10Cl2F7N5O. The summed E-state index contributed by atoms with van der Waals surface area (Å²) in [6.45, 7) is 0. The summed E-state index contributed by atoms with van der Waals surface area (Å²) in [5.74, 6) is -1.50. The summed E-state index contributed by atoms with van der Waals surface area (Å²) in [6, 6.07) is 2.77. The van der Waals surface area contributed by atoms with E-state index in [9.17, 15) is 36.0 Å². The first-order valence-electron chi connectivity index (χ1n) is 8.09. The van der Waals surface area contributed by atoms with Gasteiger partial charge in [0.05, 0.1) is 27.5 Å². The lowest BCUT2D eigenvalue weighted by Gasteiger charge is -2.14. The molecule has 1 aromatic heterocycles. The molecule has 2 rings (SSSR count). The molecular weight excluding hydrogens is 494 g/mol. The molecule has 0 radical (unpaired) electrons. The third-order valence-electron chi connectivity index (χ3n) is 3.50. The van der Waals surface area contributed by atoms with E-state index in [-0.39, 0.29) is 0 Å². The van der Waals surface area contributed by atoms with Gasteiger partial charge in [0, 0.05) is 26.2 Å². The maximum absolute atomic E-state index is 13.4. The van der Waals surface area contributed by atoms with E-state index < -0.39 is 63.0 Å². The molecule has 0 fully saturated rings. The van der Waals surface area contributed by atoms with Crippen molar-refractivity contribution in [1.29, 1.82) is 5.26 Å². The number of benzene rings is 1. The van der Waals surface area contributed by atoms with Gasteiger partial charge < -0.3 is 9.64 Å². The molecule has 0 atom stereocenters. The summed E-state index contributed by atoms with van der Waals surface area (Å²) in [5, 5.41) is 11.9. The summed E-state index contributed by atoms with van der Waals surface area (Å²) >= 11 is 12.0. The standard InChI is InChI=1S/C17H10Cl2F7N5O/c1-30(2)6-28-16-11(12(14(20)21)15(22)23)10(5-27)29-31(16)13-8(18)3-7(4-9(13)19)32-17(24,25)26/h3-4,6,14H,1-2H3. The van der Waals surface area contributed by atoms with Crippen LogP contribution in [0.2, 0.25) is 10.0 Å². The number of rotatable bonds is 6. The Morgan fingerprint density at radius 3 is 2.22 bits per heavy atom. The van der Waals surface area contributed by atoms with Gasteiger partial charge in [-0.3, -0.25) is 0 Å². The van der Waals surface area contributed by atoms with E-state index in [1.165, 1.54) is 25.1 Å². The Kier molecular flexibility index (Phi) is 7.63. The minimum Gasteiger partial charge on any atom is -0.406 e. The van der Waals surface area contributed by atoms with E-state index in [1.807, 2.05) is 0 Å². The van der Waals surface area contributed by atoms with E-state index in [1.54, 1.807) is 0 Å². The van der Waals surface area contributed by atoms with Gasteiger partial charge in [0.1, 0.15) is 17.5 Å². The SMILES string of the molecule is CN(C)C=Nc1c(C(=C(F)F)C(F)F)c(C#N)nn1-c1c(Cl)cc(OC(F)(F)F)cc1Cl. The molecule has 0 aliphatic rings. The van der Waals surface area contributed by atoms with Crippen LogP contribution in [-0.4, -0.2) is 47.9 Å². The Hall–Kier alpha value is -2.98. The fraction of sp³-hybridized carbons (Fsp3) is 0.235. The number of nitrogens with zero attached hydrogens (tertiary/aromatic N) is 5. The molecule has 172 valence electrons. The van der Waals surface area contributed by atoms with Crippen molar-refractivity contribution in [3.05, 3.63) is 39.5 Å². The second kappa shape index (κ2) is 9.66. The Labute approximate surface area is 185 Å². The smallest absolute Gasteiger partial charge is 0.406 e. The maximum atomic E-state index is 13.4. The predicted octanol–water partition coefficient (Wildman–Crippen LogP) is 6.04. The minimum absolute atomic E-state index is 0.413. The van der Waals surface area contributed by atoms with Crippen molar-refractivity contribution in [2.45, 2.75) is 12.8 Å². The van der Waals surface area contributed by atoms with Crippen LogP contribution in [0.3, 0.4) is 0 Å². The van der Waals surface area contributed by atoms with E-state index in [0.717, 1.165) is 6.34 Å². The average Bonchev–Trinajstić information content (AvgIpc) is 2.95. The monoisotopic (exact) mass is 503 g/mol. The second-order valence-electron chi connectivity index (χ2n) is 6.04. The molecule has 32 heavy (non-hydrogen) atoms.